The van der Waals surface area contributed by atoms with Gasteiger partial charge in [0.1, 0.15) is 0 Å². The van der Waals surface area contributed by atoms with Crippen molar-refractivity contribution in [1.29, 1.82) is 0 Å². The highest BCUT2D eigenvalue weighted by molar-refractivity contribution is 7.80. The number of rotatable bonds is 6. The molecule has 4 heteroatoms. The van der Waals surface area contributed by atoms with Crippen molar-refractivity contribution in [2.45, 2.75) is 51.9 Å². The zero-order chi connectivity index (χ0) is 12.7. The van der Waals surface area contributed by atoms with Crippen molar-refractivity contribution in [2.24, 2.45) is 17.6 Å². The number of hydrogen-bond acceptors (Lipinski definition) is 2. The molecule has 0 spiro atoms. The molecule has 0 aromatic carbocycles. The molecule has 0 unspecified atom stereocenters. The van der Waals surface area contributed by atoms with Crippen LogP contribution >= 0.6 is 12.2 Å². The van der Waals surface area contributed by atoms with Crippen LogP contribution in [-0.4, -0.2) is 17.4 Å². The van der Waals surface area contributed by atoms with E-state index in [1.807, 2.05) is 0 Å². The molecule has 1 amide bonds. The first kappa shape index (κ1) is 14.4. The molecule has 0 saturated heterocycles. The van der Waals surface area contributed by atoms with Crippen molar-refractivity contribution in [3.05, 3.63) is 0 Å². The molecule has 98 valence electrons. The van der Waals surface area contributed by atoms with Crippen LogP contribution in [0.3, 0.4) is 0 Å². The van der Waals surface area contributed by atoms with E-state index >= 15 is 0 Å². The summed E-state index contributed by atoms with van der Waals surface area (Å²) < 4.78 is 0. The van der Waals surface area contributed by atoms with Crippen molar-refractivity contribution in [3.8, 4) is 0 Å². The maximum absolute atomic E-state index is 11.8. The lowest BCUT2D eigenvalue weighted by Gasteiger charge is -2.27. The molecule has 0 heterocycles. The number of nitrogens with one attached hydrogen (secondary N) is 1. The molecule has 0 aromatic heterocycles. The Kier molecular flexibility index (Phi) is 6.48. The lowest BCUT2D eigenvalue weighted by atomic mass is 9.79. The van der Waals surface area contributed by atoms with Gasteiger partial charge in [0.05, 0.1) is 11.5 Å². The Morgan fingerprint density at radius 2 is 2.00 bits per heavy atom. The minimum absolute atomic E-state index is 0.131. The standard InChI is InChI=1S/C13H24N2OS/c1-2-3-4-10-5-7-11(8-6-10)13(16)15-9-12(14)17/h10-11H,2-9H2,1H3,(H2,14,17)(H,15,16). The van der Waals surface area contributed by atoms with Gasteiger partial charge in [-0.15, -0.1) is 0 Å². The summed E-state index contributed by atoms with van der Waals surface area (Å²) in [7, 11) is 0. The Labute approximate surface area is 110 Å². The predicted molar refractivity (Wildman–Crippen MR) is 74.8 cm³/mol. The zero-order valence-corrected chi connectivity index (χ0v) is 11.5. The van der Waals surface area contributed by atoms with Crippen LogP contribution in [0.15, 0.2) is 0 Å². The molecule has 0 aliphatic heterocycles. The van der Waals surface area contributed by atoms with E-state index in [0.29, 0.717) is 11.5 Å². The van der Waals surface area contributed by atoms with Gasteiger partial charge in [0.15, 0.2) is 0 Å². The van der Waals surface area contributed by atoms with Gasteiger partial charge in [-0.2, -0.15) is 0 Å². The summed E-state index contributed by atoms with van der Waals surface area (Å²) in [4.78, 5) is 12.2. The van der Waals surface area contributed by atoms with E-state index in [1.54, 1.807) is 0 Å². The van der Waals surface area contributed by atoms with Gasteiger partial charge >= 0.3 is 0 Å². The van der Waals surface area contributed by atoms with Gasteiger partial charge in [0, 0.05) is 5.92 Å². The van der Waals surface area contributed by atoms with Crippen LogP contribution in [0.4, 0.5) is 0 Å². The number of nitrogens with two attached hydrogens (primary N) is 1. The molecule has 3 nitrogen and oxygen atoms in total. The summed E-state index contributed by atoms with van der Waals surface area (Å²) in [6, 6.07) is 0. The summed E-state index contributed by atoms with van der Waals surface area (Å²) in [5, 5.41) is 2.80. The van der Waals surface area contributed by atoms with Gasteiger partial charge in [-0.05, 0) is 31.6 Å². The van der Waals surface area contributed by atoms with Gasteiger partial charge in [-0.1, -0.05) is 38.4 Å². The molecule has 0 aromatic rings. The van der Waals surface area contributed by atoms with E-state index in [1.165, 1.54) is 32.1 Å². The van der Waals surface area contributed by atoms with Gasteiger partial charge < -0.3 is 11.1 Å². The van der Waals surface area contributed by atoms with Crippen LogP contribution in [-0.2, 0) is 4.79 Å². The van der Waals surface area contributed by atoms with Crippen LogP contribution in [0.25, 0.3) is 0 Å². The normalized spacial score (nSPS) is 24.3. The Hall–Kier alpha value is -0.640. The monoisotopic (exact) mass is 256 g/mol. The lowest BCUT2D eigenvalue weighted by molar-refractivity contribution is -0.125. The Morgan fingerprint density at radius 3 is 2.53 bits per heavy atom. The molecular weight excluding hydrogens is 232 g/mol. The van der Waals surface area contributed by atoms with Crippen molar-refractivity contribution >= 4 is 23.1 Å². The molecule has 1 aliphatic carbocycles. The second-order valence-corrected chi connectivity index (χ2v) is 5.57. The lowest BCUT2D eigenvalue weighted by Crippen LogP contribution is -2.37. The van der Waals surface area contributed by atoms with E-state index in [2.05, 4.69) is 12.2 Å². The van der Waals surface area contributed by atoms with E-state index < -0.39 is 0 Å². The third-order valence-corrected chi connectivity index (χ3v) is 3.76. The molecule has 0 bridgehead atoms. The molecule has 1 saturated carbocycles. The molecular formula is C13H24N2OS. The number of hydrogen-bond donors (Lipinski definition) is 2. The average molecular weight is 256 g/mol. The Bertz CT molecular complexity index is 260. The Morgan fingerprint density at radius 1 is 1.35 bits per heavy atom. The third-order valence-electron chi connectivity index (χ3n) is 3.62. The summed E-state index contributed by atoms with van der Waals surface area (Å²) in [5.41, 5.74) is 5.36. The number of thiocarbonyl (C=S) groups is 1. The first-order valence-electron chi connectivity index (χ1n) is 6.69. The van der Waals surface area contributed by atoms with Gasteiger partial charge in [0.2, 0.25) is 5.91 Å². The van der Waals surface area contributed by atoms with Crippen LogP contribution in [0.1, 0.15) is 51.9 Å². The largest absolute Gasteiger partial charge is 0.392 e. The molecule has 1 aliphatic rings. The molecule has 1 fully saturated rings. The van der Waals surface area contributed by atoms with E-state index in [-0.39, 0.29) is 11.8 Å². The smallest absolute Gasteiger partial charge is 0.223 e. The molecule has 3 N–H and O–H groups in total. The number of unbranched alkanes of at least 4 members (excludes halogenated alkanes) is 1. The minimum atomic E-state index is 0.131. The molecule has 17 heavy (non-hydrogen) atoms. The van der Waals surface area contributed by atoms with E-state index in [4.69, 9.17) is 18.0 Å². The molecule has 1 rings (SSSR count). The van der Waals surface area contributed by atoms with Crippen LogP contribution in [0, 0.1) is 11.8 Å². The van der Waals surface area contributed by atoms with Crippen LogP contribution in [0.2, 0.25) is 0 Å². The van der Waals surface area contributed by atoms with Gasteiger partial charge in [0.25, 0.3) is 0 Å². The van der Waals surface area contributed by atoms with Crippen LogP contribution in [0.5, 0.6) is 0 Å². The number of carbonyl (C=O) groups is 1. The van der Waals surface area contributed by atoms with Crippen molar-refractivity contribution in [2.75, 3.05) is 6.54 Å². The van der Waals surface area contributed by atoms with E-state index in [9.17, 15) is 4.79 Å². The first-order chi connectivity index (χ1) is 8.13. The van der Waals surface area contributed by atoms with E-state index in [0.717, 1.165) is 18.8 Å². The highest BCUT2D eigenvalue weighted by atomic mass is 32.1. The van der Waals surface area contributed by atoms with Crippen LogP contribution < -0.4 is 11.1 Å². The van der Waals surface area contributed by atoms with Gasteiger partial charge in [-0.3, -0.25) is 4.79 Å². The maximum atomic E-state index is 11.8. The summed E-state index contributed by atoms with van der Waals surface area (Å²) in [5.74, 6) is 1.16. The number of carbonyl (C=O) groups excluding carboxylic acids is 1. The topological polar surface area (TPSA) is 55.1 Å². The predicted octanol–water partition coefficient (Wildman–Crippen LogP) is 2.39. The van der Waals surface area contributed by atoms with Gasteiger partial charge in [-0.25, -0.2) is 0 Å². The zero-order valence-electron chi connectivity index (χ0n) is 10.7. The van der Waals surface area contributed by atoms with Crippen molar-refractivity contribution in [3.63, 3.8) is 0 Å². The minimum Gasteiger partial charge on any atom is -0.392 e. The fourth-order valence-corrected chi connectivity index (χ4v) is 2.60. The quantitative estimate of drug-likeness (QED) is 0.717. The molecule has 0 radical (unpaired) electrons. The van der Waals surface area contributed by atoms with Crippen molar-refractivity contribution < 1.29 is 4.79 Å². The summed E-state index contributed by atoms with van der Waals surface area (Å²) in [6.07, 6.45) is 8.38. The van der Waals surface area contributed by atoms with Crippen molar-refractivity contribution in [1.82, 2.24) is 5.32 Å². The fourth-order valence-electron chi connectivity index (χ4n) is 2.52. The SMILES string of the molecule is CCCCC1CCC(C(=O)NCC(N)=S)CC1. The second kappa shape index (κ2) is 7.64. The third kappa shape index (κ3) is 5.48. The highest BCUT2D eigenvalue weighted by Crippen LogP contribution is 2.31. The molecule has 0 atom stereocenters. The maximum Gasteiger partial charge on any atom is 0.223 e. The fraction of sp³-hybridized carbons (Fsp3) is 0.846. The number of amides is 1. The summed E-state index contributed by atoms with van der Waals surface area (Å²) in [6.45, 7) is 2.57. The highest BCUT2D eigenvalue weighted by Gasteiger charge is 2.25. The summed E-state index contributed by atoms with van der Waals surface area (Å²) >= 11 is 4.74. The first-order valence-corrected chi connectivity index (χ1v) is 7.10. The Balaban J connectivity index is 2.21. The second-order valence-electron chi connectivity index (χ2n) is 5.04. The average Bonchev–Trinajstić information content (AvgIpc) is 2.34.